The molecule has 1 fully saturated rings. The molecule has 0 amide bonds. The highest BCUT2D eigenvalue weighted by Crippen LogP contribution is 2.43. The average molecular weight is 355 g/mol. The molecule has 1 saturated carbocycles. The number of aromatic nitrogens is 3. The highest BCUT2D eigenvalue weighted by atomic mass is 19.1. The second kappa shape index (κ2) is 6.09. The van der Waals surface area contributed by atoms with E-state index in [0.29, 0.717) is 27.9 Å². The molecule has 0 saturated heterocycles. The number of nitrogens with one attached hydrogen (secondary N) is 1. The number of fused-ring (bicyclic) bond motifs is 1. The molecule has 7 heteroatoms. The third-order valence-electron chi connectivity index (χ3n) is 4.60. The number of H-pyrrole nitrogens is 1. The van der Waals surface area contributed by atoms with Gasteiger partial charge in [0.15, 0.2) is 5.69 Å². The second-order valence-corrected chi connectivity index (χ2v) is 6.51. The summed E-state index contributed by atoms with van der Waals surface area (Å²) in [5.74, 6) is -0.731. The Hall–Kier alpha value is -2.96. The number of rotatable bonds is 4. The van der Waals surface area contributed by atoms with Gasteiger partial charge in [-0.05, 0) is 44.2 Å². The second-order valence-electron chi connectivity index (χ2n) is 6.51. The Labute approximate surface area is 148 Å². The predicted molar refractivity (Wildman–Crippen MR) is 93.9 cm³/mol. The van der Waals surface area contributed by atoms with Crippen molar-refractivity contribution in [2.75, 3.05) is 6.61 Å². The number of aryl methyl sites for hydroxylation is 1. The van der Waals surface area contributed by atoms with Crippen molar-refractivity contribution in [3.8, 4) is 11.3 Å². The van der Waals surface area contributed by atoms with Crippen molar-refractivity contribution >= 4 is 11.5 Å². The molecule has 1 aliphatic rings. The van der Waals surface area contributed by atoms with E-state index in [1.807, 2.05) is 0 Å². The van der Waals surface area contributed by atoms with Gasteiger partial charge in [0.2, 0.25) is 0 Å². The van der Waals surface area contributed by atoms with Crippen LogP contribution in [0.1, 0.15) is 47.3 Å². The summed E-state index contributed by atoms with van der Waals surface area (Å²) in [6.07, 6.45) is 3.44. The number of carbonyl (C=O) groups excluding carboxylic acids is 1. The van der Waals surface area contributed by atoms with Gasteiger partial charge >= 0.3 is 5.97 Å². The normalized spacial score (nSPS) is 14.0. The van der Waals surface area contributed by atoms with Crippen LogP contribution < -0.4 is 5.56 Å². The Balaban J connectivity index is 1.91. The number of nitrogens with zero attached hydrogens (tertiary/aromatic N) is 2. The summed E-state index contributed by atoms with van der Waals surface area (Å²) in [7, 11) is 0. The van der Waals surface area contributed by atoms with Crippen molar-refractivity contribution < 1.29 is 13.9 Å². The topological polar surface area (TPSA) is 76.5 Å². The van der Waals surface area contributed by atoms with Crippen LogP contribution in [0.15, 0.2) is 29.2 Å². The van der Waals surface area contributed by atoms with E-state index in [1.165, 1.54) is 10.6 Å². The lowest BCUT2D eigenvalue weighted by Gasteiger charge is -2.05. The highest BCUT2D eigenvalue weighted by molar-refractivity contribution is 5.92. The van der Waals surface area contributed by atoms with Gasteiger partial charge in [0.25, 0.3) is 5.56 Å². The fraction of sp³-hybridized carbons (Fsp3) is 0.316. The Kier molecular flexibility index (Phi) is 3.86. The minimum atomic E-state index is -0.527. The van der Waals surface area contributed by atoms with Gasteiger partial charge in [-0.2, -0.15) is 5.10 Å². The average Bonchev–Trinajstić information content (AvgIpc) is 3.37. The first-order valence-electron chi connectivity index (χ1n) is 8.58. The van der Waals surface area contributed by atoms with Crippen LogP contribution in [0, 0.1) is 12.7 Å². The van der Waals surface area contributed by atoms with E-state index in [4.69, 9.17) is 4.74 Å². The van der Waals surface area contributed by atoms with Crippen molar-refractivity contribution in [3.05, 3.63) is 57.4 Å². The smallest absolute Gasteiger partial charge is 0.359 e. The van der Waals surface area contributed by atoms with E-state index in [2.05, 4.69) is 10.1 Å². The molecule has 1 aliphatic carbocycles. The third-order valence-corrected chi connectivity index (χ3v) is 4.60. The molecule has 0 bridgehead atoms. The molecule has 1 N–H and O–H groups in total. The van der Waals surface area contributed by atoms with Crippen LogP contribution in [0.4, 0.5) is 4.39 Å². The van der Waals surface area contributed by atoms with Crippen molar-refractivity contribution in [2.24, 2.45) is 0 Å². The van der Waals surface area contributed by atoms with E-state index in [0.717, 1.165) is 12.8 Å². The van der Waals surface area contributed by atoms with Crippen LogP contribution in [0.2, 0.25) is 0 Å². The number of esters is 1. The van der Waals surface area contributed by atoms with Gasteiger partial charge < -0.3 is 9.72 Å². The van der Waals surface area contributed by atoms with Crippen LogP contribution in [0.25, 0.3) is 16.8 Å². The quantitative estimate of drug-likeness (QED) is 0.729. The summed E-state index contributed by atoms with van der Waals surface area (Å²) < 4.78 is 20.4. The standard InChI is InChI=1S/C19H18FN3O3/c1-3-26-19(25)16-15(11-6-7-11)17-18(24)21-14(9-23(17)22-16)12-5-4-10(2)13(20)8-12/h4-5,8-9,11H,3,6-7H2,1-2H3,(H,21,24). The van der Waals surface area contributed by atoms with Crippen molar-refractivity contribution in [2.45, 2.75) is 32.6 Å². The molecular weight excluding hydrogens is 337 g/mol. The molecule has 0 atom stereocenters. The number of ether oxygens (including phenoxy) is 1. The van der Waals surface area contributed by atoms with Crippen LogP contribution in [0.5, 0.6) is 0 Å². The van der Waals surface area contributed by atoms with Gasteiger partial charge in [0.1, 0.15) is 11.3 Å². The Morgan fingerprint density at radius 3 is 2.85 bits per heavy atom. The van der Waals surface area contributed by atoms with Crippen LogP contribution >= 0.6 is 0 Å². The highest BCUT2D eigenvalue weighted by Gasteiger charge is 2.34. The molecule has 0 aliphatic heterocycles. The van der Waals surface area contributed by atoms with E-state index >= 15 is 0 Å². The van der Waals surface area contributed by atoms with E-state index in [-0.39, 0.29) is 29.6 Å². The predicted octanol–water partition coefficient (Wildman–Crippen LogP) is 3.19. The molecule has 134 valence electrons. The first-order chi connectivity index (χ1) is 12.5. The lowest BCUT2D eigenvalue weighted by Crippen LogP contribution is -2.12. The van der Waals surface area contributed by atoms with Crippen LogP contribution in [-0.2, 0) is 4.74 Å². The van der Waals surface area contributed by atoms with Crippen molar-refractivity contribution in [3.63, 3.8) is 0 Å². The Bertz CT molecular complexity index is 1080. The molecule has 2 heterocycles. The summed E-state index contributed by atoms with van der Waals surface area (Å²) in [4.78, 5) is 27.8. The fourth-order valence-electron chi connectivity index (χ4n) is 3.12. The summed E-state index contributed by atoms with van der Waals surface area (Å²) in [6, 6.07) is 4.74. The zero-order chi connectivity index (χ0) is 18.4. The molecule has 3 aromatic rings. The third kappa shape index (κ3) is 2.69. The maximum absolute atomic E-state index is 13.9. The van der Waals surface area contributed by atoms with Crippen molar-refractivity contribution in [1.82, 2.24) is 14.6 Å². The zero-order valence-electron chi connectivity index (χ0n) is 14.5. The first kappa shape index (κ1) is 16.5. The lowest BCUT2D eigenvalue weighted by atomic mass is 10.1. The number of halogens is 1. The monoisotopic (exact) mass is 355 g/mol. The van der Waals surface area contributed by atoms with Crippen LogP contribution in [-0.4, -0.2) is 27.2 Å². The molecule has 26 heavy (non-hydrogen) atoms. The summed E-state index contributed by atoms with van der Waals surface area (Å²) in [5, 5.41) is 4.31. The molecular formula is C19H18FN3O3. The van der Waals surface area contributed by atoms with Gasteiger partial charge in [-0.1, -0.05) is 12.1 Å². The van der Waals surface area contributed by atoms with E-state index in [9.17, 15) is 14.0 Å². The van der Waals surface area contributed by atoms with Gasteiger partial charge in [0.05, 0.1) is 18.5 Å². The molecule has 0 radical (unpaired) electrons. The minimum Gasteiger partial charge on any atom is -0.461 e. The number of carbonyl (C=O) groups is 1. The SMILES string of the molecule is CCOC(=O)c1nn2cc(-c3ccc(C)c(F)c3)[nH]c(=O)c2c1C1CC1. The maximum Gasteiger partial charge on any atom is 0.359 e. The minimum absolute atomic E-state index is 0.149. The largest absolute Gasteiger partial charge is 0.461 e. The lowest BCUT2D eigenvalue weighted by molar-refractivity contribution is 0.0517. The number of aromatic amines is 1. The Morgan fingerprint density at radius 2 is 2.19 bits per heavy atom. The molecule has 6 nitrogen and oxygen atoms in total. The zero-order valence-corrected chi connectivity index (χ0v) is 14.5. The maximum atomic E-state index is 13.9. The molecule has 1 aromatic carbocycles. The summed E-state index contributed by atoms with van der Waals surface area (Å²) in [6.45, 7) is 3.63. The molecule has 4 rings (SSSR count). The molecule has 0 unspecified atom stereocenters. The van der Waals surface area contributed by atoms with Gasteiger partial charge in [-0.15, -0.1) is 0 Å². The molecule has 2 aromatic heterocycles. The number of hydrogen-bond acceptors (Lipinski definition) is 4. The fourth-order valence-corrected chi connectivity index (χ4v) is 3.12. The summed E-state index contributed by atoms with van der Waals surface area (Å²) in [5.41, 5.74) is 2.32. The van der Waals surface area contributed by atoms with Crippen LogP contribution in [0.3, 0.4) is 0 Å². The van der Waals surface area contributed by atoms with E-state index < -0.39 is 5.97 Å². The van der Waals surface area contributed by atoms with E-state index in [1.54, 1.807) is 32.2 Å². The van der Waals surface area contributed by atoms with Gasteiger partial charge in [-0.3, -0.25) is 4.79 Å². The van der Waals surface area contributed by atoms with Crippen molar-refractivity contribution in [1.29, 1.82) is 0 Å². The Morgan fingerprint density at radius 1 is 1.42 bits per heavy atom. The molecule has 0 spiro atoms. The van der Waals surface area contributed by atoms with Gasteiger partial charge in [0, 0.05) is 11.1 Å². The number of hydrogen-bond donors (Lipinski definition) is 1. The van der Waals surface area contributed by atoms with Gasteiger partial charge in [-0.25, -0.2) is 13.7 Å². The number of benzene rings is 1. The first-order valence-corrected chi connectivity index (χ1v) is 8.58. The summed E-state index contributed by atoms with van der Waals surface area (Å²) >= 11 is 0.